The summed E-state index contributed by atoms with van der Waals surface area (Å²) in [5.74, 6) is -0.614. The van der Waals surface area contributed by atoms with Crippen molar-refractivity contribution in [2.45, 2.75) is 25.7 Å². The number of fused-ring (bicyclic) bond motifs is 1. The molecule has 4 amide bonds. The van der Waals surface area contributed by atoms with Gasteiger partial charge in [-0.15, -0.1) is 0 Å². The molecule has 0 atom stereocenters. The summed E-state index contributed by atoms with van der Waals surface area (Å²) in [6.07, 6.45) is 2.04. The number of carbonyl (C=O) groups is 4. The van der Waals surface area contributed by atoms with Crippen LogP contribution in [0, 0.1) is 5.92 Å². The third-order valence-corrected chi connectivity index (χ3v) is 5.66. The van der Waals surface area contributed by atoms with E-state index < -0.39 is 0 Å². The Morgan fingerprint density at radius 3 is 2.48 bits per heavy atom. The van der Waals surface area contributed by atoms with E-state index in [0.717, 1.165) is 4.47 Å². The zero-order valence-electron chi connectivity index (χ0n) is 15.2. The van der Waals surface area contributed by atoms with Crippen molar-refractivity contribution in [3.63, 3.8) is 0 Å². The normalized spacial score (nSPS) is 17.3. The van der Waals surface area contributed by atoms with E-state index in [1.807, 2.05) is 0 Å². The minimum atomic E-state index is -0.310. The zero-order valence-corrected chi connectivity index (χ0v) is 16.8. The molecule has 1 fully saturated rings. The van der Waals surface area contributed by atoms with Crippen LogP contribution in [0.2, 0.25) is 0 Å². The first-order valence-corrected chi connectivity index (χ1v) is 9.86. The second-order valence-corrected chi connectivity index (χ2v) is 7.74. The molecule has 0 aromatic heterocycles. The molecule has 0 saturated carbocycles. The van der Waals surface area contributed by atoms with Crippen LogP contribution in [0.25, 0.3) is 0 Å². The number of hydrogen-bond donors (Lipinski definition) is 1. The molecule has 1 aromatic carbocycles. The number of nitrogens with zero attached hydrogens (tertiary/aromatic N) is 2. The fourth-order valence-corrected chi connectivity index (χ4v) is 3.97. The molecule has 1 aromatic rings. The van der Waals surface area contributed by atoms with E-state index in [9.17, 15) is 19.2 Å². The number of carbonyl (C=O) groups excluding carboxylic acids is 4. The van der Waals surface area contributed by atoms with Gasteiger partial charge in [0.2, 0.25) is 11.8 Å². The number of benzene rings is 1. The van der Waals surface area contributed by atoms with Gasteiger partial charge in [-0.3, -0.25) is 24.1 Å². The largest absolute Gasteiger partial charge is 0.359 e. The number of imide groups is 1. The van der Waals surface area contributed by atoms with Gasteiger partial charge in [0.1, 0.15) is 0 Å². The first-order valence-electron chi connectivity index (χ1n) is 9.07. The van der Waals surface area contributed by atoms with Gasteiger partial charge in [0.25, 0.3) is 11.8 Å². The van der Waals surface area contributed by atoms with Gasteiger partial charge in [-0.1, -0.05) is 15.9 Å². The SMILES string of the molecule is CNC(=O)C1CCN(C(=O)CCCN2C(=O)c3ccc(Br)cc3C2=O)CC1. The average molecular weight is 436 g/mol. The zero-order chi connectivity index (χ0) is 19.6. The van der Waals surface area contributed by atoms with Crippen LogP contribution in [0.15, 0.2) is 22.7 Å². The van der Waals surface area contributed by atoms with Crippen LogP contribution in [0.5, 0.6) is 0 Å². The Kier molecular flexibility index (Phi) is 5.94. The molecular formula is C19H22BrN3O4. The number of rotatable bonds is 5. The molecule has 3 rings (SSSR count). The molecular weight excluding hydrogens is 414 g/mol. The van der Waals surface area contributed by atoms with Crippen molar-refractivity contribution in [3.05, 3.63) is 33.8 Å². The maximum atomic E-state index is 12.4. The van der Waals surface area contributed by atoms with Crippen LogP contribution in [0.4, 0.5) is 0 Å². The van der Waals surface area contributed by atoms with Crippen molar-refractivity contribution in [2.24, 2.45) is 5.92 Å². The Morgan fingerprint density at radius 2 is 1.81 bits per heavy atom. The van der Waals surface area contributed by atoms with E-state index in [2.05, 4.69) is 21.2 Å². The fraction of sp³-hybridized carbons (Fsp3) is 0.474. The summed E-state index contributed by atoms with van der Waals surface area (Å²) in [5, 5.41) is 2.65. The Hall–Kier alpha value is -2.22. The highest BCUT2D eigenvalue weighted by molar-refractivity contribution is 9.10. The van der Waals surface area contributed by atoms with Gasteiger partial charge in [-0.25, -0.2) is 0 Å². The maximum Gasteiger partial charge on any atom is 0.261 e. The topological polar surface area (TPSA) is 86.8 Å². The highest BCUT2D eigenvalue weighted by atomic mass is 79.9. The van der Waals surface area contributed by atoms with E-state index >= 15 is 0 Å². The van der Waals surface area contributed by atoms with Gasteiger partial charge in [0, 0.05) is 43.5 Å². The standard InChI is InChI=1S/C19H22BrN3O4/c1-21-17(25)12-6-9-22(10-7-12)16(24)3-2-8-23-18(26)14-5-4-13(20)11-15(14)19(23)27/h4-5,11-12H,2-3,6-10H2,1H3,(H,21,25). The van der Waals surface area contributed by atoms with E-state index in [-0.39, 0.29) is 42.5 Å². The third-order valence-electron chi connectivity index (χ3n) is 5.17. The molecule has 1 N–H and O–H groups in total. The van der Waals surface area contributed by atoms with Crippen LogP contribution >= 0.6 is 15.9 Å². The molecule has 0 bridgehead atoms. The lowest BCUT2D eigenvalue weighted by Gasteiger charge is -2.31. The first kappa shape index (κ1) is 19.5. The van der Waals surface area contributed by atoms with E-state index in [1.54, 1.807) is 30.1 Å². The highest BCUT2D eigenvalue weighted by Crippen LogP contribution is 2.26. The Labute approximate surface area is 166 Å². The van der Waals surface area contributed by atoms with Crippen molar-refractivity contribution in [3.8, 4) is 0 Å². The smallest absolute Gasteiger partial charge is 0.261 e. The van der Waals surface area contributed by atoms with Gasteiger partial charge in [0.05, 0.1) is 11.1 Å². The first-order chi connectivity index (χ1) is 12.9. The van der Waals surface area contributed by atoms with Gasteiger partial charge in [-0.05, 0) is 37.5 Å². The lowest BCUT2D eigenvalue weighted by molar-refractivity contribution is -0.135. The minimum Gasteiger partial charge on any atom is -0.359 e. The average Bonchev–Trinajstić information content (AvgIpc) is 2.91. The van der Waals surface area contributed by atoms with Crippen molar-refractivity contribution in [1.29, 1.82) is 0 Å². The molecule has 0 radical (unpaired) electrons. The number of likely N-dealkylation sites (tertiary alicyclic amines) is 1. The second-order valence-electron chi connectivity index (χ2n) is 6.82. The van der Waals surface area contributed by atoms with E-state index in [4.69, 9.17) is 0 Å². The van der Waals surface area contributed by atoms with E-state index in [1.165, 1.54) is 4.90 Å². The summed E-state index contributed by atoms with van der Waals surface area (Å²) in [7, 11) is 1.62. The number of nitrogens with one attached hydrogen (secondary N) is 1. The van der Waals surface area contributed by atoms with E-state index in [0.29, 0.717) is 43.5 Å². The predicted molar refractivity (Wildman–Crippen MR) is 102 cm³/mol. The molecule has 27 heavy (non-hydrogen) atoms. The molecule has 8 heteroatoms. The molecule has 0 aliphatic carbocycles. The summed E-state index contributed by atoms with van der Waals surface area (Å²) >= 11 is 3.31. The van der Waals surface area contributed by atoms with Crippen LogP contribution in [0.1, 0.15) is 46.4 Å². The molecule has 2 aliphatic heterocycles. The summed E-state index contributed by atoms with van der Waals surface area (Å²) < 4.78 is 0.750. The second kappa shape index (κ2) is 8.21. The Balaban J connectivity index is 1.48. The molecule has 144 valence electrons. The number of halogens is 1. The van der Waals surface area contributed by atoms with Crippen molar-refractivity contribution >= 4 is 39.6 Å². The highest BCUT2D eigenvalue weighted by Gasteiger charge is 2.35. The van der Waals surface area contributed by atoms with Crippen LogP contribution in [-0.2, 0) is 9.59 Å². The summed E-state index contributed by atoms with van der Waals surface area (Å²) in [4.78, 5) is 51.8. The molecule has 1 saturated heterocycles. The minimum absolute atomic E-state index is 0.00436. The molecule has 0 spiro atoms. The predicted octanol–water partition coefficient (Wildman–Crippen LogP) is 1.81. The van der Waals surface area contributed by atoms with Crippen molar-refractivity contribution in [2.75, 3.05) is 26.7 Å². The Morgan fingerprint density at radius 1 is 1.15 bits per heavy atom. The van der Waals surface area contributed by atoms with Gasteiger partial charge in [-0.2, -0.15) is 0 Å². The molecule has 7 nitrogen and oxygen atoms in total. The van der Waals surface area contributed by atoms with Gasteiger partial charge < -0.3 is 10.2 Å². The summed E-state index contributed by atoms with van der Waals surface area (Å²) in [6, 6.07) is 5.03. The fourth-order valence-electron chi connectivity index (χ4n) is 3.61. The number of hydrogen-bond acceptors (Lipinski definition) is 4. The van der Waals surface area contributed by atoms with Crippen molar-refractivity contribution < 1.29 is 19.2 Å². The van der Waals surface area contributed by atoms with Crippen LogP contribution in [-0.4, -0.2) is 60.1 Å². The third kappa shape index (κ3) is 4.05. The Bertz CT molecular complexity index is 787. The quantitative estimate of drug-likeness (QED) is 0.714. The molecule has 0 unspecified atom stereocenters. The van der Waals surface area contributed by atoms with Crippen molar-refractivity contribution in [1.82, 2.24) is 15.1 Å². The lowest BCUT2D eigenvalue weighted by atomic mass is 9.96. The maximum absolute atomic E-state index is 12.4. The number of piperidine rings is 1. The summed E-state index contributed by atoms with van der Waals surface area (Å²) in [5.41, 5.74) is 0.808. The lowest BCUT2D eigenvalue weighted by Crippen LogP contribution is -2.42. The monoisotopic (exact) mass is 435 g/mol. The van der Waals surface area contributed by atoms with Crippen LogP contribution in [0.3, 0.4) is 0 Å². The van der Waals surface area contributed by atoms with Crippen LogP contribution < -0.4 is 5.32 Å². The van der Waals surface area contributed by atoms with Gasteiger partial charge >= 0.3 is 0 Å². The van der Waals surface area contributed by atoms with Gasteiger partial charge in [0.15, 0.2) is 0 Å². The number of amides is 4. The summed E-state index contributed by atoms with van der Waals surface area (Å²) in [6.45, 7) is 1.36. The molecule has 2 heterocycles. The molecule has 2 aliphatic rings.